The van der Waals surface area contributed by atoms with E-state index in [2.05, 4.69) is 10.3 Å². The Bertz CT molecular complexity index is 1240. The van der Waals surface area contributed by atoms with Gasteiger partial charge in [-0.25, -0.2) is 4.98 Å². The van der Waals surface area contributed by atoms with E-state index in [9.17, 15) is 23.3 Å². The summed E-state index contributed by atoms with van der Waals surface area (Å²) >= 11 is 2.75. The summed E-state index contributed by atoms with van der Waals surface area (Å²) in [5.41, 5.74) is 0.410. The molecule has 13 heteroatoms. The molecule has 10 nitrogen and oxygen atoms in total. The van der Waals surface area contributed by atoms with Crippen LogP contribution in [0.1, 0.15) is 10.4 Å². The number of nitro groups is 1. The first-order chi connectivity index (χ1) is 14.2. The highest BCUT2D eigenvalue weighted by atomic mass is 32.2. The molecule has 1 saturated heterocycles. The summed E-state index contributed by atoms with van der Waals surface area (Å²) in [5.74, 6) is -0.414. The van der Waals surface area contributed by atoms with E-state index < -0.39 is 27.1 Å². The minimum Gasteiger partial charge on any atom is -0.480 e. The summed E-state index contributed by atoms with van der Waals surface area (Å²) in [4.78, 5) is 25.5. The second-order valence-corrected chi connectivity index (χ2v) is 9.99. The third kappa shape index (κ3) is 4.09. The number of nitrogens with zero attached hydrogens (tertiary/aromatic N) is 2. The molecule has 1 aromatic heterocycles. The smallest absolute Gasteiger partial charge is 0.339 e. The van der Waals surface area contributed by atoms with Gasteiger partial charge in [0.2, 0.25) is 0 Å². The number of rotatable bonds is 6. The van der Waals surface area contributed by atoms with Crippen LogP contribution in [-0.4, -0.2) is 41.2 Å². The van der Waals surface area contributed by atoms with Crippen molar-refractivity contribution in [2.75, 3.05) is 5.75 Å². The van der Waals surface area contributed by atoms with Crippen LogP contribution in [0.2, 0.25) is 0 Å². The Morgan fingerprint density at radius 3 is 2.63 bits per heavy atom. The number of non-ortho nitro benzene ring substituents is 1. The second kappa shape index (κ2) is 7.83. The van der Waals surface area contributed by atoms with E-state index in [1.807, 2.05) is 0 Å². The van der Waals surface area contributed by atoms with Crippen molar-refractivity contribution in [2.45, 2.75) is 16.3 Å². The average molecular weight is 468 g/mol. The molecule has 156 valence electrons. The number of aliphatic carboxylic acids is 1. The lowest BCUT2D eigenvalue weighted by Gasteiger charge is -2.06. The Kier molecular flexibility index (Phi) is 5.36. The molecule has 2 atom stereocenters. The third-order valence-corrected chi connectivity index (χ3v) is 7.94. The van der Waals surface area contributed by atoms with Gasteiger partial charge >= 0.3 is 16.1 Å². The molecule has 4 rings (SSSR count). The summed E-state index contributed by atoms with van der Waals surface area (Å²) in [5, 5.41) is 23.2. The Labute approximate surface area is 178 Å². The van der Waals surface area contributed by atoms with Crippen molar-refractivity contribution < 1.29 is 27.4 Å². The number of aromatic nitrogens is 1. The fourth-order valence-corrected chi connectivity index (χ4v) is 6.04. The van der Waals surface area contributed by atoms with Crippen LogP contribution >= 0.6 is 23.1 Å². The number of hydrogen-bond acceptors (Lipinski definition) is 10. The van der Waals surface area contributed by atoms with Gasteiger partial charge in [-0.15, -0.1) is 23.1 Å². The molecule has 2 heterocycles. The number of carboxylic acid groups (broad SMARTS) is 1. The number of carbonyl (C=O) groups is 1. The number of benzene rings is 2. The van der Waals surface area contributed by atoms with E-state index >= 15 is 0 Å². The number of thioether (sulfide) groups is 1. The maximum Gasteiger partial charge on any atom is 0.339 e. The van der Waals surface area contributed by atoms with Gasteiger partial charge in [0.25, 0.3) is 5.69 Å². The number of fused-ring (bicyclic) bond motifs is 1. The van der Waals surface area contributed by atoms with E-state index in [1.54, 1.807) is 6.07 Å². The quantitative estimate of drug-likeness (QED) is 0.315. The highest BCUT2D eigenvalue weighted by Gasteiger charge is 2.32. The molecule has 2 unspecified atom stereocenters. The minimum atomic E-state index is -4.17. The first-order valence-electron chi connectivity index (χ1n) is 8.43. The molecule has 0 radical (unpaired) electrons. The van der Waals surface area contributed by atoms with E-state index in [0.29, 0.717) is 21.0 Å². The first-order valence-corrected chi connectivity index (χ1v) is 11.7. The van der Waals surface area contributed by atoms with Crippen LogP contribution in [0.3, 0.4) is 0 Å². The number of thiazole rings is 1. The third-order valence-electron chi connectivity index (χ3n) is 4.22. The maximum atomic E-state index is 12.5. The standard InChI is InChI=1S/C17H13N3O7S3/c21-17(22)13-8-28-15(19-13)16-18-12-6-3-10(7-14(12)29-16)27-30(25,26)11-4-1-9(2-5-11)20(23)24/h1-7,13,15,19H,8H2,(H,21,22). The van der Waals surface area contributed by atoms with Crippen LogP contribution in [0, 0.1) is 10.1 Å². The predicted octanol–water partition coefficient (Wildman–Crippen LogP) is 2.76. The lowest BCUT2D eigenvalue weighted by atomic mass is 10.3. The summed E-state index contributed by atoms with van der Waals surface area (Å²) in [6, 6.07) is 8.37. The molecule has 0 bridgehead atoms. The number of hydrogen-bond donors (Lipinski definition) is 2. The van der Waals surface area contributed by atoms with Crippen LogP contribution < -0.4 is 9.50 Å². The second-order valence-electron chi connectivity index (χ2n) is 6.24. The highest BCUT2D eigenvalue weighted by molar-refractivity contribution is 7.99. The lowest BCUT2D eigenvalue weighted by molar-refractivity contribution is -0.384. The summed E-state index contributed by atoms with van der Waals surface area (Å²) in [7, 11) is -4.17. The SMILES string of the molecule is O=C(O)C1CSC(c2nc3ccc(OS(=O)(=O)c4ccc([N+](=O)[O-])cc4)cc3s2)N1. The van der Waals surface area contributed by atoms with E-state index in [0.717, 1.165) is 24.3 Å². The first kappa shape index (κ1) is 20.5. The molecule has 1 aliphatic rings. The lowest BCUT2D eigenvalue weighted by Crippen LogP contribution is -2.33. The topological polar surface area (TPSA) is 149 Å². The van der Waals surface area contributed by atoms with Crippen molar-refractivity contribution in [1.82, 2.24) is 10.3 Å². The zero-order valence-corrected chi connectivity index (χ0v) is 17.4. The van der Waals surface area contributed by atoms with Crippen molar-refractivity contribution >= 4 is 55.1 Å². The molecule has 30 heavy (non-hydrogen) atoms. The number of nitro benzene ring substituents is 1. The Morgan fingerprint density at radius 2 is 2.00 bits per heavy atom. The van der Waals surface area contributed by atoms with Gasteiger partial charge in [-0.3, -0.25) is 20.2 Å². The number of nitrogens with one attached hydrogen (secondary N) is 1. The van der Waals surface area contributed by atoms with Crippen LogP contribution in [0.5, 0.6) is 5.75 Å². The van der Waals surface area contributed by atoms with E-state index in [1.165, 1.54) is 35.2 Å². The van der Waals surface area contributed by atoms with Crippen molar-refractivity contribution in [3.63, 3.8) is 0 Å². The molecule has 0 aliphatic carbocycles. The van der Waals surface area contributed by atoms with Crippen molar-refractivity contribution in [3.8, 4) is 5.75 Å². The Hall–Kier alpha value is -2.74. The molecule has 2 N–H and O–H groups in total. The van der Waals surface area contributed by atoms with Gasteiger partial charge in [0, 0.05) is 24.0 Å². The Morgan fingerprint density at radius 1 is 1.27 bits per heavy atom. The van der Waals surface area contributed by atoms with Crippen molar-refractivity contribution in [2.24, 2.45) is 0 Å². The average Bonchev–Trinajstić information content (AvgIpc) is 3.34. The zero-order chi connectivity index (χ0) is 21.5. The van der Waals surface area contributed by atoms with Gasteiger partial charge < -0.3 is 9.29 Å². The fraction of sp³-hybridized carbons (Fsp3) is 0.176. The molecule has 0 spiro atoms. The van der Waals surface area contributed by atoms with E-state index in [4.69, 9.17) is 9.29 Å². The number of carboxylic acids is 1. The normalized spacial score (nSPS) is 19.1. The summed E-state index contributed by atoms with van der Waals surface area (Å²) in [6.45, 7) is 0. The monoisotopic (exact) mass is 467 g/mol. The summed E-state index contributed by atoms with van der Waals surface area (Å²) in [6.07, 6.45) is 0. The highest BCUT2D eigenvalue weighted by Crippen LogP contribution is 2.38. The maximum absolute atomic E-state index is 12.5. The molecule has 1 fully saturated rings. The molecule has 0 saturated carbocycles. The molecule has 0 amide bonds. The van der Waals surface area contributed by atoms with Crippen LogP contribution in [-0.2, 0) is 14.9 Å². The molecule has 1 aliphatic heterocycles. The largest absolute Gasteiger partial charge is 0.480 e. The van der Waals surface area contributed by atoms with E-state index in [-0.39, 0.29) is 21.7 Å². The van der Waals surface area contributed by atoms with Gasteiger partial charge in [-0.1, -0.05) is 0 Å². The molecule has 2 aromatic carbocycles. The van der Waals surface area contributed by atoms with Gasteiger partial charge in [0.15, 0.2) is 0 Å². The Balaban J connectivity index is 1.55. The van der Waals surface area contributed by atoms with Crippen LogP contribution in [0.25, 0.3) is 10.2 Å². The van der Waals surface area contributed by atoms with Crippen LogP contribution in [0.4, 0.5) is 5.69 Å². The van der Waals surface area contributed by atoms with Gasteiger partial charge in [0.1, 0.15) is 27.1 Å². The molecular weight excluding hydrogens is 454 g/mol. The van der Waals surface area contributed by atoms with Gasteiger partial charge in [-0.2, -0.15) is 8.42 Å². The molecular formula is C17H13N3O7S3. The zero-order valence-electron chi connectivity index (χ0n) is 14.9. The van der Waals surface area contributed by atoms with Gasteiger partial charge in [-0.05, 0) is 24.3 Å². The minimum absolute atomic E-state index is 0.0755. The summed E-state index contributed by atoms with van der Waals surface area (Å²) < 4.78 is 30.8. The predicted molar refractivity (Wildman–Crippen MR) is 110 cm³/mol. The van der Waals surface area contributed by atoms with Crippen molar-refractivity contribution in [1.29, 1.82) is 0 Å². The molecule has 3 aromatic rings. The van der Waals surface area contributed by atoms with Gasteiger partial charge in [0.05, 0.1) is 15.1 Å². The van der Waals surface area contributed by atoms with Crippen molar-refractivity contribution in [3.05, 3.63) is 57.6 Å². The van der Waals surface area contributed by atoms with Crippen LogP contribution in [0.15, 0.2) is 47.4 Å². The fourth-order valence-electron chi connectivity index (χ4n) is 2.75.